The molecule has 0 saturated carbocycles. The first kappa shape index (κ1) is 19.9. The maximum Gasteiger partial charge on any atom is 0.407 e. The molecule has 8 nitrogen and oxygen atoms in total. The van der Waals surface area contributed by atoms with Gasteiger partial charge in [-0.1, -0.05) is 48.5 Å². The van der Waals surface area contributed by atoms with Crippen LogP contribution in [-0.2, 0) is 19.1 Å². The molecule has 1 heterocycles. The number of carbonyl (C=O) groups excluding carboxylic acids is 2. The Bertz CT molecular complexity index is 930. The van der Waals surface area contributed by atoms with E-state index in [1.807, 2.05) is 36.4 Å². The molecular formula is C22H22N2O6. The van der Waals surface area contributed by atoms with Crippen LogP contribution in [0.25, 0.3) is 11.1 Å². The molecule has 2 aromatic rings. The van der Waals surface area contributed by atoms with E-state index in [2.05, 4.69) is 22.8 Å². The summed E-state index contributed by atoms with van der Waals surface area (Å²) in [6.07, 6.45) is -1.36. The predicted octanol–water partition coefficient (Wildman–Crippen LogP) is 1.88. The maximum absolute atomic E-state index is 12.1. The van der Waals surface area contributed by atoms with Crippen molar-refractivity contribution >= 4 is 18.0 Å². The summed E-state index contributed by atoms with van der Waals surface area (Å²) in [7, 11) is 0. The van der Waals surface area contributed by atoms with Gasteiger partial charge in [-0.05, 0) is 28.7 Å². The number of nitrogens with one attached hydrogen (secondary N) is 2. The minimum absolute atomic E-state index is 0.0658. The molecule has 4 rings (SSSR count). The average molecular weight is 410 g/mol. The molecule has 0 aromatic heterocycles. The lowest BCUT2D eigenvalue weighted by Crippen LogP contribution is -2.47. The van der Waals surface area contributed by atoms with E-state index in [9.17, 15) is 14.4 Å². The molecule has 1 fully saturated rings. The Morgan fingerprint density at radius 1 is 1.03 bits per heavy atom. The molecule has 2 aromatic carbocycles. The third-order valence-electron chi connectivity index (χ3n) is 5.42. The number of hydrogen-bond donors (Lipinski definition) is 3. The molecule has 30 heavy (non-hydrogen) atoms. The Kier molecular flexibility index (Phi) is 5.67. The van der Waals surface area contributed by atoms with Gasteiger partial charge in [0.1, 0.15) is 13.2 Å². The van der Waals surface area contributed by atoms with Crippen LogP contribution in [-0.4, -0.2) is 55.0 Å². The van der Waals surface area contributed by atoms with Crippen molar-refractivity contribution in [1.29, 1.82) is 0 Å². The van der Waals surface area contributed by atoms with E-state index in [1.54, 1.807) is 0 Å². The fourth-order valence-electron chi connectivity index (χ4n) is 4.04. The van der Waals surface area contributed by atoms with Crippen molar-refractivity contribution in [2.75, 3.05) is 19.8 Å². The number of carboxylic acid groups (broad SMARTS) is 1. The van der Waals surface area contributed by atoms with Gasteiger partial charge < -0.3 is 25.2 Å². The van der Waals surface area contributed by atoms with Gasteiger partial charge in [0.15, 0.2) is 6.10 Å². The minimum Gasteiger partial charge on any atom is -0.479 e. The first-order valence-corrected chi connectivity index (χ1v) is 9.77. The Hall–Kier alpha value is -3.39. The summed E-state index contributed by atoms with van der Waals surface area (Å²) in [4.78, 5) is 35.2. The number of benzene rings is 2. The molecule has 0 bridgehead atoms. The van der Waals surface area contributed by atoms with E-state index in [0.717, 1.165) is 22.3 Å². The number of ether oxygens (including phenoxy) is 2. The van der Waals surface area contributed by atoms with Crippen molar-refractivity contribution in [2.45, 2.75) is 24.5 Å². The SMILES string of the molecule is O=C(CNC(=O)OCC1c2ccccc2-c2ccccc21)N[C@H]1CCO[C@H]1C(=O)O. The third kappa shape index (κ3) is 3.99. The summed E-state index contributed by atoms with van der Waals surface area (Å²) in [6.45, 7) is 0.111. The second kappa shape index (κ2) is 8.54. The second-order valence-corrected chi connectivity index (χ2v) is 7.27. The molecular weight excluding hydrogens is 388 g/mol. The van der Waals surface area contributed by atoms with Crippen molar-refractivity contribution in [3.63, 3.8) is 0 Å². The molecule has 0 spiro atoms. The van der Waals surface area contributed by atoms with E-state index in [1.165, 1.54) is 0 Å². The van der Waals surface area contributed by atoms with Crippen molar-refractivity contribution < 1.29 is 29.0 Å². The van der Waals surface area contributed by atoms with Crippen LogP contribution < -0.4 is 10.6 Å². The van der Waals surface area contributed by atoms with Crippen LogP contribution in [0.3, 0.4) is 0 Å². The molecule has 0 radical (unpaired) electrons. The Balaban J connectivity index is 1.29. The highest BCUT2D eigenvalue weighted by atomic mass is 16.5. The Morgan fingerprint density at radius 3 is 2.30 bits per heavy atom. The fourth-order valence-corrected chi connectivity index (χ4v) is 4.04. The molecule has 1 saturated heterocycles. The Labute approximate surface area is 173 Å². The lowest BCUT2D eigenvalue weighted by Gasteiger charge is -2.17. The molecule has 1 aliphatic carbocycles. The van der Waals surface area contributed by atoms with Crippen molar-refractivity contribution in [1.82, 2.24) is 10.6 Å². The zero-order valence-corrected chi connectivity index (χ0v) is 16.2. The van der Waals surface area contributed by atoms with Gasteiger partial charge in [-0.25, -0.2) is 9.59 Å². The number of fused-ring (bicyclic) bond motifs is 3. The van der Waals surface area contributed by atoms with Crippen molar-refractivity contribution in [2.24, 2.45) is 0 Å². The summed E-state index contributed by atoms with van der Waals surface area (Å²) in [5.74, 6) is -1.68. The lowest BCUT2D eigenvalue weighted by atomic mass is 9.98. The van der Waals surface area contributed by atoms with E-state index < -0.39 is 30.1 Å². The van der Waals surface area contributed by atoms with Crippen LogP contribution in [0.1, 0.15) is 23.5 Å². The van der Waals surface area contributed by atoms with E-state index in [-0.39, 0.29) is 25.7 Å². The zero-order valence-electron chi connectivity index (χ0n) is 16.2. The number of rotatable bonds is 6. The normalized spacial score (nSPS) is 19.6. The molecule has 156 valence electrons. The van der Waals surface area contributed by atoms with Crippen LogP contribution in [0.2, 0.25) is 0 Å². The highest BCUT2D eigenvalue weighted by molar-refractivity contribution is 5.84. The van der Waals surface area contributed by atoms with Crippen molar-refractivity contribution in [3.05, 3.63) is 59.7 Å². The van der Waals surface area contributed by atoms with E-state index in [4.69, 9.17) is 14.6 Å². The first-order valence-electron chi connectivity index (χ1n) is 9.77. The smallest absolute Gasteiger partial charge is 0.407 e. The van der Waals surface area contributed by atoms with E-state index in [0.29, 0.717) is 6.42 Å². The maximum atomic E-state index is 12.1. The zero-order chi connectivity index (χ0) is 21.1. The Morgan fingerprint density at radius 2 is 1.67 bits per heavy atom. The van der Waals surface area contributed by atoms with Gasteiger partial charge in [0.25, 0.3) is 0 Å². The van der Waals surface area contributed by atoms with Crippen LogP contribution >= 0.6 is 0 Å². The highest BCUT2D eigenvalue weighted by Crippen LogP contribution is 2.44. The fraction of sp³-hybridized carbons (Fsp3) is 0.318. The summed E-state index contributed by atoms with van der Waals surface area (Å²) in [5.41, 5.74) is 4.47. The van der Waals surface area contributed by atoms with Crippen LogP contribution in [0.15, 0.2) is 48.5 Å². The highest BCUT2D eigenvalue weighted by Gasteiger charge is 2.35. The van der Waals surface area contributed by atoms with Crippen molar-refractivity contribution in [3.8, 4) is 11.1 Å². The molecule has 2 amide bonds. The van der Waals surface area contributed by atoms with Crippen LogP contribution in [0.4, 0.5) is 4.79 Å². The minimum atomic E-state index is -1.12. The number of aliphatic carboxylic acids is 1. The van der Waals surface area contributed by atoms with Gasteiger partial charge in [0.05, 0.1) is 6.04 Å². The van der Waals surface area contributed by atoms with Crippen LogP contribution in [0, 0.1) is 0 Å². The van der Waals surface area contributed by atoms with Gasteiger partial charge in [-0.3, -0.25) is 4.79 Å². The lowest BCUT2D eigenvalue weighted by molar-refractivity contribution is -0.148. The van der Waals surface area contributed by atoms with Gasteiger partial charge in [-0.15, -0.1) is 0 Å². The molecule has 2 atom stereocenters. The van der Waals surface area contributed by atoms with Gasteiger partial charge in [0.2, 0.25) is 5.91 Å². The number of carbonyl (C=O) groups is 3. The number of carboxylic acids is 1. The molecule has 1 aliphatic heterocycles. The summed E-state index contributed by atoms with van der Waals surface area (Å²) in [6, 6.07) is 15.4. The van der Waals surface area contributed by atoms with Gasteiger partial charge >= 0.3 is 12.1 Å². The summed E-state index contributed by atoms with van der Waals surface area (Å²) < 4.78 is 10.5. The third-order valence-corrected chi connectivity index (χ3v) is 5.42. The standard InChI is InChI=1S/C22H22N2O6/c25-19(24-18-9-10-29-20(18)21(26)27)11-23-22(28)30-12-17-15-7-3-1-5-13(15)14-6-2-4-8-16(14)17/h1-8,17-18,20H,9-12H2,(H,23,28)(H,24,25)(H,26,27)/t18-,20+/m0/s1. The first-order chi connectivity index (χ1) is 14.5. The number of hydrogen-bond acceptors (Lipinski definition) is 5. The molecule has 2 aliphatic rings. The monoisotopic (exact) mass is 410 g/mol. The largest absolute Gasteiger partial charge is 0.479 e. The molecule has 8 heteroatoms. The average Bonchev–Trinajstić information content (AvgIpc) is 3.33. The number of alkyl carbamates (subject to hydrolysis) is 1. The predicted molar refractivity (Wildman–Crippen MR) is 107 cm³/mol. The summed E-state index contributed by atoms with van der Waals surface area (Å²) in [5, 5.41) is 14.0. The topological polar surface area (TPSA) is 114 Å². The molecule has 3 N–H and O–H groups in total. The second-order valence-electron chi connectivity index (χ2n) is 7.27. The van der Waals surface area contributed by atoms with Gasteiger partial charge in [-0.2, -0.15) is 0 Å². The molecule has 0 unspecified atom stereocenters. The van der Waals surface area contributed by atoms with Crippen LogP contribution in [0.5, 0.6) is 0 Å². The summed E-state index contributed by atoms with van der Waals surface area (Å²) >= 11 is 0. The quantitative estimate of drug-likeness (QED) is 0.670. The van der Waals surface area contributed by atoms with E-state index >= 15 is 0 Å². The number of amides is 2. The van der Waals surface area contributed by atoms with Gasteiger partial charge in [0, 0.05) is 12.5 Å².